The third-order valence-corrected chi connectivity index (χ3v) is 7.10. The Labute approximate surface area is 233 Å². The van der Waals surface area contributed by atoms with Crippen molar-refractivity contribution in [2.45, 2.75) is 51.4 Å². The molecule has 212 valence electrons. The molecule has 1 fully saturated rings. The molecule has 0 bridgehead atoms. The monoisotopic (exact) mass is 576 g/mol. The minimum absolute atomic E-state index is 0.0140. The standard InChI is InChI=1S/C28H28ClF3N4O4/c1-15(2)25(33-11-10-16-6-7-19(20(29)12-16)28(30,31)32)17-4-3-5-18(13-17)34-21-14-24(38)36(27(21)40)22-8-9-23(37)35-26(22)39/h3-7,12-15,22,25,33-34H,8-11H2,1-2H3,(H,35,37,39). The van der Waals surface area contributed by atoms with Crippen molar-refractivity contribution >= 4 is 40.9 Å². The van der Waals surface area contributed by atoms with Gasteiger partial charge in [-0.05, 0) is 60.7 Å². The van der Waals surface area contributed by atoms with Crippen molar-refractivity contribution in [3.63, 3.8) is 0 Å². The van der Waals surface area contributed by atoms with Crippen molar-refractivity contribution in [2.24, 2.45) is 5.92 Å². The molecule has 2 aromatic rings. The van der Waals surface area contributed by atoms with Crippen LogP contribution in [0.1, 0.15) is 49.4 Å². The van der Waals surface area contributed by atoms with Crippen LogP contribution in [0.25, 0.3) is 0 Å². The van der Waals surface area contributed by atoms with E-state index in [0.29, 0.717) is 24.2 Å². The van der Waals surface area contributed by atoms with E-state index in [4.69, 9.17) is 11.6 Å². The molecule has 0 spiro atoms. The Balaban J connectivity index is 1.41. The third-order valence-electron chi connectivity index (χ3n) is 6.78. The first-order valence-electron chi connectivity index (χ1n) is 12.7. The molecular formula is C28H28ClF3N4O4. The molecule has 3 N–H and O–H groups in total. The van der Waals surface area contributed by atoms with Crippen LogP contribution in [0.4, 0.5) is 18.9 Å². The highest BCUT2D eigenvalue weighted by Crippen LogP contribution is 2.35. The number of carbonyl (C=O) groups excluding carboxylic acids is 4. The lowest BCUT2D eigenvalue weighted by Crippen LogP contribution is -2.54. The van der Waals surface area contributed by atoms with Gasteiger partial charge in [-0.3, -0.25) is 29.4 Å². The number of benzene rings is 2. The molecule has 4 amide bonds. The SMILES string of the molecule is CC(C)C(NCCc1ccc(C(F)(F)F)c(Cl)c1)c1cccc(NC2=CC(=O)N(C3CCC(=O)NC3=O)C2=O)c1. The summed E-state index contributed by atoms with van der Waals surface area (Å²) in [5, 5.41) is 8.22. The van der Waals surface area contributed by atoms with Crippen molar-refractivity contribution in [3.8, 4) is 0 Å². The van der Waals surface area contributed by atoms with Gasteiger partial charge in [-0.25, -0.2) is 0 Å². The molecule has 2 atom stereocenters. The zero-order valence-electron chi connectivity index (χ0n) is 21.8. The molecule has 8 nitrogen and oxygen atoms in total. The van der Waals surface area contributed by atoms with Gasteiger partial charge >= 0.3 is 6.18 Å². The zero-order valence-corrected chi connectivity index (χ0v) is 22.5. The molecule has 0 radical (unpaired) electrons. The average molecular weight is 577 g/mol. The van der Waals surface area contributed by atoms with E-state index >= 15 is 0 Å². The molecule has 0 saturated carbocycles. The van der Waals surface area contributed by atoms with Gasteiger partial charge < -0.3 is 10.6 Å². The average Bonchev–Trinajstić information content (AvgIpc) is 3.13. The van der Waals surface area contributed by atoms with Crippen LogP contribution >= 0.6 is 11.6 Å². The van der Waals surface area contributed by atoms with Crippen molar-refractivity contribution in [1.29, 1.82) is 0 Å². The van der Waals surface area contributed by atoms with Crippen molar-refractivity contribution in [1.82, 2.24) is 15.5 Å². The minimum atomic E-state index is -4.51. The van der Waals surface area contributed by atoms with Crippen LogP contribution < -0.4 is 16.0 Å². The normalized spacial score (nSPS) is 18.7. The molecule has 40 heavy (non-hydrogen) atoms. The van der Waals surface area contributed by atoms with Gasteiger partial charge in [0.15, 0.2) is 0 Å². The summed E-state index contributed by atoms with van der Waals surface area (Å²) < 4.78 is 38.9. The highest BCUT2D eigenvalue weighted by Gasteiger charge is 2.42. The second kappa shape index (κ2) is 11.8. The Morgan fingerprint density at radius 1 is 1.10 bits per heavy atom. The number of halogens is 4. The Morgan fingerprint density at radius 2 is 1.85 bits per heavy atom. The van der Waals surface area contributed by atoms with E-state index in [1.807, 2.05) is 26.0 Å². The largest absolute Gasteiger partial charge is 0.417 e. The number of hydrogen-bond acceptors (Lipinski definition) is 6. The highest BCUT2D eigenvalue weighted by atomic mass is 35.5. The topological polar surface area (TPSA) is 108 Å². The lowest BCUT2D eigenvalue weighted by atomic mass is 9.95. The van der Waals surface area contributed by atoms with Gasteiger partial charge in [0, 0.05) is 24.2 Å². The number of imide groups is 2. The van der Waals surface area contributed by atoms with Crippen LogP contribution in [-0.2, 0) is 31.8 Å². The van der Waals surface area contributed by atoms with E-state index in [1.54, 1.807) is 12.1 Å². The minimum Gasteiger partial charge on any atom is -0.351 e. The summed E-state index contributed by atoms with van der Waals surface area (Å²) in [5.41, 5.74) is 1.26. The predicted molar refractivity (Wildman–Crippen MR) is 142 cm³/mol. The number of alkyl halides is 3. The predicted octanol–water partition coefficient (Wildman–Crippen LogP) is 4.36. The van der Waals surface area contributed by atoms with Gasteiger partial charge in [-0.15, -0.1) is 0 Å². The Bertz CT molecular complexity index is 1380. The summed E-state index contributed by atoms with van der Waals surface area (Å²) >= 11 is 5.84. The van der Waals surface area contributed by atoms with E-state index < -0.39 is 41.4 Å². The molecule has 2 aliphatic rings. The number of hydrogen-bond donors (Lipinski definition) is 3. The molecule has 2 unspecified atom stereocenters. The van der Waals surface area contributed by atoms with Gasteiger partial charge in [0.05, 0.1) is 10.6 Å². The molecule has 2 heterocycles. The molecule has 0 aromatic heterocycles. The Hall–Kier alpha value is -3.70. The number of amides is 4. The smallest absolute Gasteiger partial charge is 0.351 e. The van der Waals surface area contributed by atoms with E-state index in [0.717, 1.165) is 22.6 Å². The van der Waals surface area contributed by atoms with E-state index in [-0.39, 0.29) is 35.5 Å². The van der Waals surface area contributed by atoms with Gasteiger partial charge in [0.25, 0.3) is 11.8 Å². The Morgan fingerprint density at radius 3 is 2.50 bits per heavy atom. The molecule has 2 aliphatic heterocycles. The number of nitrogens with zero attached hydrogens (tertiary/aromatic N) is 1. The number of rotatable bonds is 9. The van der Waals surface area contributed by atoms with Crippen LogP contribution in [0.15, 0.2) is 54.2 Å². The maximum absolute atomic E-state index is 13.0. The first-order valence-corrected chi connectivity index (χ1v) is 13.1. The molecular weight excluding hydrogens is 549 g/mol. The number of carbonyl (C=O) groups is 4. The summed E-state index contributed by atoms with van der Waals surface area (Å²) in [6.07, 6.45) is -2.82. The molecule has 1 saturated heterocycles. The lowest BCUT2D eigenvalue weighted by molar-refractivity contribution is -0.149. The first-order chi connectivity index (χ1) is 18.8. The van der Waals surface area contributed by atoms with Gasteiger partial charge in [0.1, 0.15) is 11.7 Å². The number of nitrogens with one attached hydrogen (secondary N) is 3. The first kappa shape index (κ1) is 29.3. The van der Waals surface area contributed by atoms with E-state index in [1.165, 1.54) is 12.1 Å². The summed E-state index contributed by atoms with van der Waals surface area (Å²) in [6, 6.07) is 9.82. The van der Waals surface area contributed by atoms with Crippen molar-refractivity contribution in [2.75, 3.05) is 11.9 Å². The number of piperidine rings is 1. The lowest BCUT2D eigenvalue weighted by Gasteiger charge is -2.28. The summed E-state index contributed by atoms with van der Waals surface area (Å²) in [5.74, 6) is -2.27. The second-order valence-electron chi connectivity index (χ2n) is 10.0. The quantitative estimate of drug-likeness (QED) is 0.383. The van der Waals surface area contributed by atoms with Crippen molar-refractivity contribution < 1.29 is 32.3 Å². The van der Waals surface area contributed by atoms with Gasteiger partial charge in [-0.2, -0.15) is 13.2 Å². The van der Waals surface area contributed by atoms with E-state index in [2.05, 4.69) is 16.0 Å². The third kappa shape index (κ3) is 6.53. The summed E-state index contributed by atoms with van der Waals surface area (Å²) in [6.45, 7) is 4.51. The number of anilines is 1. The van der Waals surface area contributed by atoms with Crippen molar-refractivity contribution in [3.05, 3.63) is 76.0 Å². The highest BCUT2D eigenvalue weighted by molar-refractivity contribution is 6.31. The maximum Gasteiger partial charge on any atom is 0.417 e. The zero-order chi connectivity index (χ0) is 29.2. The molecule has 2 aromatic carbocycles. The fourth-order valence-electron chi connectivity index (χ4n) is 4.82. The molecule has 0 aliphatic carbocycles. The van der Waals surface area contributed by atoms with Crippen LogP contribution in [0.5, 0.6) is 0 Å². The van der Waals surface area contributed by atoms with Crippen LogP contribution in [0.3, 0.4) is 0 Å². The van der Waals surface area contributed by atoms with Gasteiger partial charge in [0.2, 0.25) is 11.8 Å². The van der Waals surface area contributed by atoms with E-state index in [9.17, 15) is 32.3 Å². The second-order valence-corrected chi connectivity index (χ2v) is 10.4. The van der Waals surface area contributed by atoms with Crippen LogP contribution in [0, 0.1) is 5.92 Å². The van der Waals surface area contributed by atoms with Crippen LogP contribution in [-0.4, -0.2) is 41.1 Å². The van der Waals surface area contributed by atoms with Crippen LogP contribution in [0.2, 0.25) is 5.02 Å². The summed E-state index contributed by atoms with van der Waals surface area (Å²) in [7, 11) is 0. The molecule has 12 heteroatoms. The fourth-order valence-corrected chi connectivity index (χ4v) is 5.13. The Kier molecular flexibility index (Phi) is 8.65. The summed E-state index contributed by atoms with van der Waals surface area (Å²) in [4.78, 5) is 50.0. The fraction of sp³-hybridized carbons (Fsp3) is 0.357. The van der Waals surface area contributed by atoms with Gasteiger partial charge in [-0.1, -0.05) is 43.6 Å². The molecule has 4 rings (SSSR count). The maximum atomic E-state index is 13.0.